The van der Waals surface area contributed by atoms with Gasteiger partial charge in [-0.05, 0) is 0 Å². The van der Waals surface area contributed by atoms with Gasteiger partial charge in [0.05, 0.1) is 20.6 Å². The van der Waals surface area contributed by atoms with Gasteiger partial charge in [-0.2, -0.15) is 0 Å². The van der Waals surface area contributed by atoms with E-state index in [9.17, 15) is 15.0 Å². The Bertz CT molecular complexity index is 179. The van der Waals surface area contributed by atoms with E-state index >= 15 is 0 Å². The lowest BCUT2D eigenvalue weighted by atomic mass is 10.1. The molecule has 1 unspecified atom stereocenters. The van der Waals surface area contributed by atoms with Crippen LogP contribution in [0.2, 0.25) is 0 Å². The van der Waals surface area contributed by atoms with Gasteiger partial charge in [-0.3, -0.25) is 0 Å². The zero-order chi connectivity index (χ0) is 8.65. The minimum absolute atomic E-state index is 0.323. The molecule has 0 bridgehead atoms. The molecular weight excluding hydrogens is 146 g/mol. The molecule has 4 nitrogen and oxygen atoms in total. The van der Waals surface area contributed by atoms with Crippen molar-refractivity contribution in [1.82, 2.24) is 0 Å². The van der Waals surface area contributed by atoms with E-state index in [1.54, 1.807) is 14.1 Å². The Morgan fingerprint density at radius 2 is 2.18 bits per heavy atom. The molecule has 0 amide bonds. The van der Waals surface area contributed by atoms with Gasteiger partial charge >= 0.3 is 0 Å². The highest BCUT2D eigenvalue weighted by Gasteiger charge is 2.42. The standard InChI is InChI=1S/C7H13NO3/c1-8(2)4-3-5(9)6(8)7(10)11/h5-6,9H,3-4H2,1-2H3/t5?,6-/m0/s1. The smallest absolute Gasteiger partial charge is 0.155 e. The van der Waals surface area contributed by atoms with Gasteiger partial charge in [-0.1, -0.05) is 0 Å². The number of hydrogen-bond donors (Lipinski definition) is 1. The Kier molecular flexibility index (Phi) is 1.90. The second-order valence-corrected chi connectivity index (χ2v) is 3.62. The predicted octanol–water partition coefficient (Wildman–Crippen LogP) is -2.05. The Labute approximate surface area is 65.6 Å². The molecular formula is C7H13NO3. The molecule has 1 heterocycles. The van der Waals surface area contributed by atoms with Gasteiger partial charge in [-0.25, -0.2) is 0 Å². The van der Waals surface area contributed by atoms with Gasteiger partial charge in [0, 0.05) is 6.42 Å². The molecule has 0 spiro atoms. The Balaban J connectivity index is 2.80. The maximum absolute atomic E-state index is 10.5. The number of carbonyl (C=O) groups excluding carboxylic acids is 1. The molecule has 0 aromatic carbocycles. The van der Waals surface area contributed by atoms with Crippen molar-refractivity contribution in [1.29, 1.82) is 0 Å². The fourth-order valence-electron chi connectivity index (χ4n) is 1.67. The summed E-state index contributed by atoms with van der Waals surface area (Å²) in [6, 6.07) is -0.755. The van der Waals surface area contributed by atoms with E-state index in [-0.39, 0.29) is 0 Å². The van der Waals surface area contributed by atoms with Crippen molar-refractivity contribution in [3.8, 4) is 0 Å². The number of likely N-dealkylation sites (N-methyl/N-ethyl adjacent to an activating group) is 1. The highest BCUT2D eigenvalue weighted by Crippen LogP contribution is 2.21. The molecule has 1 rings (SSSR count). The molecule has 1 aliphatic heterocycles. The Morgan fingerprint density at radius 3 is 2.36 bits per heavy atom. The summed E-state index contributed by atoms with van der Waals surface area (Å²) in [7, 11) is 3.58. The van der Waals surface area contributed by atoms with Crippen molar-refractivity contribution in [3.63, 3.8) is 0 Å². The number of aliphatic hydroxyl groups excluding tert-OH is 1. The summed E-state index contributed by atoms with van der Waals surface area (Å²) in [6.07, 6.45) is -0.193. The summed E-state index contributed by atoms with van der Waals surface area (Å²) in [6.45, 7) is 0.694. The molecule has 1 fully saturated rings. The van der Waals surface area contributed by atoms with E-state index in [1.165, 1.54) is 0 Å². The number of rotatable bonds is 1. The summed E-state index contributed by atoms with van der Waals surface area (Å²) >= 11 is 0. The van der Waals surface area contributed by atoms with Crippen molar-refractivity contribution in [3.05, 3.63) is 0 Å². The zero-order valence-electron chi connectivity index (χ0n) is 6.78. The van der Waals surface area contributed by atoms with Crippen LogP contribution in [0.4, 0.5) is 0 Å². The molecule has 0 saturated carbocycles. The SMILES string of the molecule is C[N+]1(C)CCC(O)[C@H]1C(=O)[O-]. The minimum Gasteiger partial charge on any atom is -0.544 e. The first kappa shape index (κ1) is 8.49. The number of quaternary nitrogens is 1. The van der Waals surface area contributed by atoms with Crippen LogP contribution >= 0.6 is 0 Å². The number of likely N-dealkylation sites (tertiary alicyclic amines) is 1. The quantitative estimate of drug-likeness (QED) is 0.448. The van der Waals surface area contributed by atoms with Gasteiger partial charge < -0.3 is 19.5 Å². The molecule has 11 heavy (non-hydrogen) atoms. The van der Waals surface area contributed by atoms with Gasteiger partial charge in [0.25, 0.3) is 0 Å². The van der Waals surface area contributed by atoms with Gasteiger partial charge in [0.2, 0.25) is 0 Å². The van der Waals surface area contributed by atoms with E-state index < -0.39 is 18.1 Å². The van der Waals surface area contributed by atoms with Crippen LogP contribution in [0.15, 0.2) is 0 Å². The summed E-state index contributed by atoms with van der Waals surface area (Å²) < 4.78 is 0.323. The highest BCUT2D eigenvalue weighted by molar-refractivity contribution is 5.70. The zero-order valence-corrected chi connectivity index (χ0v) is 6.78. The van der Waals surface area contributed by atoms with Crippen LogP contribution in [0, 0.1) is 0 Å². The molecule has 64 valence electrons. The lowest BCUT2D eigenvalue weighted by Gasteiger charge is -2.32. The van der Waals surface area contributed by atoms with Crippen LogP contribution in [0.5, 0.6) is 0 Å². The molecule has 1 aliphatic rings. The van der Waals surface area contributed by atoms with Crippen molar-refractivity contribution in [2.45, 2.75) is 18.6 Å². The molecule has 2 atom stereocenters. The van der Waals surface area contributed by atoms with Gasteiger partial charge in [-0.15, -0.1) is 0 Å². The second kappa shape index (κ2) is 2.46. The van der Waals surface area contributed by atoms with Crippen molar-refractivity contribution >= 4 is 5.97 Å². The Morgan fingerprint density at radius 1 is 1.64 bits per heavy atom. The minimum atomic E-state index is -1.15. The first-order valence-corrected chi connectivity index (χ1v) is 3.67. The third-order valence-electron chi connectivity index (χ3n) is 2.36. The highest BCUT2D eigenvalue weighted by atomic mass is 16.4. The van der Waals surface area contributed by atoms with Crippen LogP contribution in [-0.4, -0.2) is 48.3 Å². The van der Waals surface area contributed by atoms with Crippen LogP contribution in [0.3, 0.4) is 0 Å². The molecule has 0 aliphatic carbocycles. The fourth-order valence-corrected chi connectivity index (χ4v) is 1.67. The normalized spacial score (nSPS) is 35.5. The molecule has 1 N–H and O–H groups in total. The summed E-state index contributed by atoms with van der Waals surface area (Å²) in [5.74, 6) is -1.15. The largest absolute Gasteiger partial charge is 0.544 e. The average molecular weight is 159 g/mol. The number of hydrogen-bond acceptors (Lipinski definition) is 3. The van der Waals surface area contributed by atoms with Crippen LogP contribution in [0.25, 0.3) is 0 Å². The lowest BCUT2D eigenvalue weighted by Crippen LogP contribution is -2.56. The first-order chi connectivity index (χ1) is 4.95. The van der Waals surface area contributed by atoms with Crippen molar-refractivity contribution < 1.29 is 19.5 Å². The van der Waals surface area contributed by atoms with Gasteiger partial charge in [0.1, 0.15) is 12.1 Å². The van der Waals surface area contributed by atoms with Crippen molar-refractivity contribution in [2.24, 2.45) is 0 Å². The second-order valence-electron chi connectivity index (χ2n) is 3.62. The van der Waals surface area contributed by atoms with E-state index in [0.717, 1.165) is 0 Å². The van der Waals surface area contributed by atoms with E-state index in [2.05, 4.69) is 0 Å². The van der Waals surface area contributed by atoms with Crippen molar-refractivity contribution in [2.75, 3.05) is 20.6 Å². The third-order valence-corrected chi connectivity index (χ3v) is 2.36. The molecule has 1 saturated heterocycles. The first-order valence-electron chi connectivity index (χ1n) is 3.67. The van der Waals surface area contributed by atoms with Crippen LogP contribution in [-0.2, 0) is 4.79 Å². The maximum atomic E-state index is 10.5. The summed E-state index contributed by atoms with van der Waals surface area (Å²) in [5.41, 5.74) is 0. The van der Waals surface area contributed by atoms with Crippen LogP contribution in [0.1, 0.15) is 6.42 Å². The lowest BCUT2D eigenvalue weighted by molar-refractivity contribution is -0.897. The summed E-state index contributed by atoms with van der Waals surface area (Å²) in [5, 5.41) is 19.8. The third kappa shape index (κ3) is 1.36. The van der Waals surface area contributed by atoms with E-state index in [1.807, 2.05) is 0 Å². The number of carboxylic acids is 1. The molecule has 0 radical (unpaired) electrons. The van der Waals surface area contributed by atoms with E-state index in [0.29, 0.717) is 17.4 Å². The number of nitrogens with zero attached hydrogens (tertiary/aromatic N) is 1. The fraction of sp³-hybridized carbons (Fsp3) is 0.857. The predicted molar refractivity (Wildman–Crippen MR) is 36.4 cm³/mol. The monoisotopic (exact) mass is 159 g/mol. The number of aliphatic carboxylic acids is 1. The average Bonchev–Trinajstić information content (AvgIpc) is 2.06. The Hall–Kier alpha value is -0.610. The number of carboxylic acid groups (broad SMARTS) is 1. The number of carbonyl (C=O) groups is 1. The molecule has 0 aromatic rings. The van der Waals surface area contributed by atoms with E-state index in [4.69, 9.17) is 0 Å². The van der Waals surface area contributed by atoms with Gasteiger partial charge in [0.15, 0.2) is 6.04 Å². The maximum Gasteiger partial charge on any atom is 0.155 e. The number of aliphatic hydroxyl groups is 1. The molecule has 0 aromatic heterocycles. The molecule has 4 heteroatoms. The summed E-state index contributed by atoms with van der Waals surface area (Å²) in [4.78, 5) is 10.5. The topological polar surface area (TPSA) is 60.4 Å². The van der Waals surface area contributed by atoms with Crippen LogP contribution < -0.4 is 5.11 Å².